The highest BCUT2D eigenvalue weighted by Crippen LogP contribution is 2.34. The standard InChI is InChI=1S/C22H23ClN2O3S/c1-22(2,3)13-19(26)24-15-6-10-17(11-7-15)29-18-12-20(27)25(21(18)28)16-8-4-14(23)5-9-16/h4-11,18H,12-13H2,1-3H3,(H,24,26). The first-order valence-corrected chi connectivity index (χ1v) is 10.6. The summed E-state index contributed by atoms with van der Waals surface area (Å²) >= 11 is 7.24. The number of nitrogens with zero attached hydrogens (tertiary/aromatic N) is 1. The highest BCUT2D eigenvalue weighted by molar-refractivity contribution is 8.00. The van der Waals surface area contributed by atoms with Crippen molar-refractivity contribution in [2.24, 2.45) is 5.41 Å². The minimum absolute atomic E-state index is 0.0342. The molecule has 2 aromatic rings. The Morgan fingerprint density at radius 1 is 1.10 bits per heavy atom. The molecule has 3 rings (SSSR count). The van der Waals surface area contributed by atoms with Crippen molar-refractivity contribution in [2.75, 3.05) is 10.2 Å². The molecule has 0 bridgehead atoms. The third-order valence-corrected chi connectivity index (χ3v) is 5.75. The van der Waals surface area contributed by atoms with E-state index in [1.165, 1.54) is 16.7 Å². The number of carbonyl (C=O) groups excluding carboxylic acids is 3. The Bertz CT molecular complexity index is 921. The van der Waals surface area contributed by atoms with Gasteiger partial charge < -0.3 is 5.32 Å². The Hall–Kier alpha value is -2.31. The Kier molecular flexibility index (Phi) is 6.34. The van der Waals surface area contributed by atoms with Crippen LogP contribution >= 0.6 is 23.4 Å². The van der Waals surface area contributed by atoms with Gasteiger partial charge in [-0.25, -0.2) is 4.90 Å². The van der Waals surface area contributed by atoms with E-state index < -0.39 is 5.25 Å². The van der Waals surface area contributed by atoms with Gasteiger partial charge in [-0.15, -0.1) is 11.8 Å². The molecule has 1 aliphatic rings. The molecule has 1 aliphatic heterocycles. The number of hydrogen-bond acceptors (Lipinski definition) is 4. The molecular formula is C22H23ClN2O3S. The fraction of sp³-hybridized carbons (Fsp3) is 0.318. The number of carbonyl (C=O) groups is 3. The zero-order chi connectivity index (χ0) is 21.2. The average Bonchev–Trinajstić information content (AvgIpc) is 2.89. The average molecular weight is 431 g/mol. The molecule has 7 heteroatoms. The zero-order valence-electron chi connectivity index (χ0n) is 16.6. The van der Waals surface area contributed by atoms with Gasteiger partial charge in [0.15, 0.2) is 0 Å². The molecule has 0 aliphatic carbocycles. The van der Waals surface area contributed by atoms with Crippen molar-refractivity contribution >= 4 is 52.5 Å². The van der Waals surface area contributed by atoms with Gasteiger partial charge in [-0.05, 0) is 53.9 Å². The van der Waals surface area contributed by atoms with Crippen molar-refractivity contribution < 1.29 is 14.4 Å². The predicted molar refractivity (Wildman–Crippen MR) is 117 cm³/mol. The molecule has 1 heterocycles. The molecule has 2 aromatic carbocycles. The van der Waals surface area contributed by atoms with Crippen LogP contribution in [0.2, 0.25) is 5.02 Å². The lowest BCUT2D eigenvalue weighted by atomic mass is 9.92. The van der Waals surface area contributed by atoms with E-state index in [4.69, 9.17) is 11.6 Å². The molecule has 0 aromatic heterocycles. The third kappa shape index (κ3) is 5.61. The molecule has 1 saturated heterocycles. The van der Waals surface area contributed by atoms with Crippen molar-refractivity contribution in [1.29, 1.82) is 0 Å². The van der Waals surface area contributed by atoms with Gasteiger partial charge in [0.2, 0.25) is 17.7 Å². The maximum atomic E-state index is 12.7. The first-order valence-electron chi connectivity index (χ1n) is 9.31. The second-order valence-electron chi connectivity index (χ2n) is 8.16. The minimum atomic E-state index is -0.473. The summed E-state index contributed by atoms with van der Waals surface area (Å²) in [4.78, 5) is 39.2. The summed E-state index contributed by atoms with van der Waals surface area (Å²) in [6, 6.07) is 14.0. The number of anilines is 2. The Labute approximate surface area is 179 Å². The summed E-state index contributed by atoms with van der Waals surface area (Å²) in [7, 11) is 0. The fourth-order valence-corrected chi connectivity index (χ4v) is 4.21. The van der Waals surface area contributed by atoms with Gasteiger partial charge in [0, 0.05) is 28.4 Å². The van der Waals surface area contributed by atoms with Gasteiger partial charge in [-0.1, -0.05) is 32.4 Å². The normalized spacial score (nSPS) is 17.0. The van der Waals surface area contributed by atoms with Crippen LogP contribution in [-0.2, 0) is 14.4 Å². The minimum Gasteiger partial charge on any atom is -0.326 e. The number of halogens is 1. The molecule has 152 valence electrons. The van der Waals surface area contributed by atoms with E-state index in [2.05, 4.69) is 5.32 Å². The molecule has 0 radical (unpaired) electrons. The van der Waals surface area contributed by atoms with Gasteiger partial charge >= 0.3 is 0 Å². The van der Waals surface area contributed by atoms with Crippen molar-refractivity contribution in [3.63, 3.8) is 0 Å². The number of hydrogen-bond donors (Lipinski definition) is 1. The van der Waals surface area contributed by atoms with Crippen LogP contribution in [0.5, 0.6) is 0 Å². The Balaban J connectivity index is 1.63. The Morgan fingerprint density at radius 2 is 1.72 bits per heavy atom. The van der Waals surface area contributed by atoms with Gasteiger partial charge in [-0.3, -0.25) is 14.4 Å². The van der Waals surface area contributed by atoms with Crippen LogP contribution in [-0.4, -0.2) is 23.0 Å². The van der Waals surface area contributed by atoms with Crippen LogP contribution in [0.1, 0.15) is 33.6 Å². The lowest BCUT2D eigenvalue weighted by Gasteiger charge is -2.17. The highest BCUT2D eigenvalue weighted by atomic mass is 35.5. The van der Waals surface area contributed by atoms with E-state index in [1.54, 1.807) is 36.4 Å². The first-order chi connectivity index (χ1) is 13.6. The smallest absolute Gasteiger partial charge is 0.247 e. The van der Waals surface area contributed by atoms with Crippen LogP contribution in [0.4, 0.5) is 11.4 Å². The second-order valence-corrected chi connectivity index (χ2v) is 9.88. The summed E-state index contributed by atoms with van der Waals surface area (Å²) in [5.41, 5.74) is 1.16. The Morgan fingerprint density at radius 3 is 2.31 bits per heavy atom. The second kappa shape index (κ2) is 8.59. The number of thioether (sulfide) groups is 1. The van der Waals surface area contributed by atoms with E-state index in [-0.39, 0.29) is 29.6 Å². The number of rotatable bonds is 5. The number of benzene rings is 2. The van der Waals surface area contributed by atoms with Crippen molar-refractivity contribution in [3.8, 4) is 0 Å². The summed E-state index contributed by atoms with van der Waals surface area (Å²) in [6.45, 7) is 6.04. The van der Waals surface area contributed by atoms with Crippen LogP contribution in [0.15, 0.2) is 53.4 Å². The van der Waals surface area contributed by atoms with E-state index >= 15 is 0 Å². The predicted octanol–water partition coefficient (Wildman–Crippen LogP) is 5.14. The van der Waals surface area contributed by atoms with Crippen LogP contribution in [0.25, 0.3) is 0 Å². The molecule has 3 amide bonds. The van der Waals surface area contributed by atoms with Crippen LogP contribution in [0, 0.1) is 5.41 Å². The zero-order valence-corrected chi connectivity index (χ0v) is 18.1. The number of amides is 3. The van der Waals surface area contributed by atoms with E-state index in [9.17, 15) is 14.4 Å². The van der Waals surface area contributed by atoms with E-state index in [0.717, 1.165) is 4.90 Å². The molecule has 1 atom stereocenters. The van der Waals surface area contributed by atoms with Crippen molar-refractivity contribution in [3.05, 3.63) is 53.6 Å². The monoisotopic (exact) mass is 430 g/mol. The van der Waals surface area contributed by atoms with Gasteiger partial charge in [-0.2, -0.15) is 0 Å². The summed E-state index contributed by atoms with van der Waals surface area (Å²) in [6.07, 6.45) is 0.582. The van der Waals surface area contributed by atoms with Gasteiger partial charge in [0.25, 0.3) is 0 Å². The molecular weight excluding hydrogens is 408 g/mol. The highest BCUT2D eigenvalue weighted by Gasteiger charge is 2.40. The molecule has 5 nitrogen and oxygen atoms in total. The lowest BCUT2D eigenvalue weighted by molar-refractivity contribution is -0.121. The molecule has 29 heavy (non-hydrogen) atoms. The van der Waals surface area contributed by atoms with Crippen LogP contribution in [0.3, 0.4) is 0 Å². The maximum Gasteiger partial charge on any atom is 0.247 e. The summed E-state index contributed by atoms with van der Waals surface area (Å²) in [5.74, 6) is -0.487. The van der Waals surface area contributed by atoms with Gasteiger partial charge in [0.1, 0.15) is 0 Å². The third-order valence-electron chi connectivity index (χ3n) is 4.30. The first kappa shape index (κ1) is 21.4. The number of nitrogens with one attached hydrogen (secondary N) is 1. The van der Waals surface area contributed by atoms with E-state index in [0.29, 0.717) is 22.8 Å². The largest absolute Gasteiger partial charge is 0.326 e. The topological polar surface area (TPSA) is 66.5 Å². The molecule has 0 saturated carbocycles. The SMILES string of the molecule is CC(C)(C)CC(=O)Nc1ccc(SC2CC(=O)N(c3ccc(Cl)cc3)C2=O)cc1. The van der Waals surface area contributed by atoms with E-state index in [1.807, 2.05) is 32.9 Å². The summed E-state index contributed by atoms with van der Waals surface area (Å²) < 4.78 is 0. The summed E-state index contributed by atoms with van der Waals surface area (Å²) in [5, 5.41) is 2.96. The molecule has 1 unspecified atom stereocenters. The number of imide groups is 1. The van der Waals surface area contributed by atoms with Gasteiger partial charge in [0.05, 0.1) is 10.9 Å². The molecule has 0 spiro atoms. The van der Waals surface area contributed by atoms with Crippen LogP contribution < -0.4 is 10.2 Å². The quantitative estimate of drug-likeness (QED) is 0.667. The lowest BCUT2D eigenvalue weighted by Crippen LogP contribution is -2.31. The van der Waals surface area contributed by atoms with Crippen molar-refractivity contribution in [2.45, 2.75) is 43.8 Å². The maximum absolute atomic E-state index is 12.7. The fourth-order valence-electron chi connectivity index (χ4n) is 3.03. The molecule has 1 fully saturated rings. The van der Waals surface area contributed by atoms with Crippen molar-refractivity contribution in [1.82, 2.24) is 0 Å². The molecule has 1 N–H and O–H groups in total.